The molecule has 1 aliphatic rings. The Kier molecular flexibility index (Phi) is 2.30. The highest BCUT2D eigenvalue weighted by atomic mass is 16.6. The topological polar surface area (TPSA) is 64.6 Å². The van der Waals surface area contributed by atoms with Crippen molar-refractivity contribution in [2.75, 3.05) is 13.2 Å². The lowest BCUT2D eigenvalue weighted by Gasteiger charge is -2.05. The Morgan fingerprint density at radius 3 is 3.09 bits per heavy atom. The van der Waals surface area contributed by atoms with Crippen molar-refractivity contribution < 1.29 is 19.1 Å². The monoisotopic (exact) mass is 159 g/mol. The highest BCUT2D eigenvalue weighted by Gasteiger charge is 2.22. The van der Waals surface area contributed by atoms with Crippen molar-refractivity contribution in [1.29, 1.82) is 0 Å². The molecule has 5 heteroatoms. The molecule has 11 heavy (non-hydrogen) atoms. The summed E-state index contributed by atoms with van der Waals surface area (Å²) in [6.07, 6.45) is -0.784. The lowest BCUT2D eigenvalue weighted by Crippen LogP contribution is -2.21. The van der Waals surface area contributed by atoms with Crippen LogP contribution in [0, 0.1) is 0 Å². The number of esters is 1. The van der Waals surface area contributed by atoms with Gasteiger partial charge in [0.25, 0.3) is 0 Å². The van der Waals surface area contributed by atoms with Gasteiger partial charge in [-0.05, 0) is 0 Å². The van der Waals surface area contributed by atoms with Gasteiger partial charge in [0, 0.05) is 6.92 Å². The highest BCUT2D eigenvalue weighted by molar-refractivity contribution is 5.69. The highest BCUT2D eigenvalue weighted by Crippen LogP contribution is 1.99. The summed E-state index contributed by atoms with van der Waals surface area (Å²) >= 11 is 0. The number of hydrogen-bond donors (Lipinski definition) is 1. The van der Waals surface area contributed by atoms with Crippen LogP contribution >= 0.6 is 0 Å². The summed E-state index contributed by atoms with van der Waals surface area (Å²) in [5.74, 6) is -0.368. The lowest BCUT2D eigenvalue weighted by molar-refractivity contribution is -0.143. The maximum atomic E-state index is 10.4. The van der Waals surface area contributed by atoms with E-state index in [-0.39, 0.29) is 18.7 Å². The Hall–Kier alpha value is -1.26. The van der Waals surface area contributed by atoms with E-state index in [0.717, 1.165) is 0 Å². The van der Waals surface area contributed by atoms with Crippen LogP contribution in [0.25, 0.3) is 0 Å². The minimum Gasteiger partial charge on any atom is -0.462 e. The molecule has 1 fully saturated rings. The molecule has 1 atom stereocenters. The van der Waals surface area contributed by atoms with Crippen molar-refractivity contribution in [3.63, 3.8) is 0 Å². The predicted octanol–water partition coefficient (Wildman–Crippen LogP) is -0.342. The van der Waals surface area contributed by atoms with Gasteiger partial charge in [-0.15, -0.1) is 0 Å². The van der Waals surface area contributed by atoms with Gasteiger partial charge in [0.1, 0.15) is 6.61 Å². The molecule has 1 saturated heterocycles. The second kappa shape index (κ2) is 3.23. The van der Waals surface area contributed by atoms with Crippen molar-refractivity contribution in [1.82, 2.24) is 5.32 Å². The fourth-order valence-corrected chi connectivity index (χ4v) is 0.735. The Morgan fingerprint density at radius 1 is 1.91 bits per heavy atom. The molecule has 1 rings (SSSR count). The number of hydrogen-bond acceptors (Lipinski definition) is 4. The minimum absolute atomic E-state index is 0.133. The average molecular weight is 159 g/mol. The van der Waals surface area contributed by atoms with Crippen molar-refractivity contribution in [3.05, 3.63) is 0 Å². The van der Waals surface area contributed by atoms with Crippen molar-refractivity contribution in [2.24, 2.45) is 0 Å². The molecule has 0 aliphatic carbocycles. The zero-order chi connectivity index (χ0) is 8.27. The summed E-state index contributed by atoms with van der Waals surface area (Å²) in [6.45, 7) is 1.85. The summed E-state index contributed by atoms with van der Waals surface area (Å²) < 4.78 is 9.30. The van der Waals surface area contributed by atoms with Gasteiger partial charge in [0.05, 0.1) is 6.54 Å². The molecule has 0 aromatic heterocycles. The number of nitrogens with one attached hydrogen (secondary N) is 1. The largest absolute Gasteiger partial charge is 0.462 e. The van der Waals surface area contributed by atoms with Crippen LogP contribution in [0.3, 0.4) is 0 Å². The van der Waals surface area contributed by atoms with Gasteiger partial charge in [-0.25, -0.2) is 4.79 Å². The van der Waals surface area contributed by atoms with Crippen LogP contribution in [0.1, 0.15) is 6.92 Å². The summed E-state index contributed by atoms with van der Waals surface area (Å²) in [5.41, 5.74) is 0. The molecule has 0 saturated carbocycles. The number of carbonyl (C=O) groups excluding carboxylic acids is 2. The molecule has 1 aliphatic heterocycles. The molecule has 1 N–H and O–H groups in total. The van der Waals surface area contributed by atoms with Gasteiger partial charge in [-0.3, -0.25) is 4.79 Å². The SMILES string of the molecule is CC(=O)OCC1CNC(=O)O1. The van der Waals surface area contributed by atoms with E-state index in [9.17, 15) is 9.59 Å². The molecule has 0 aromatic rings. The van der Waals surface area contributed by atoms with E-state index in [0.29, 0.717) is 6.54 Å². The lowest BCUT2D eigenvalue weighted by atomic mass is 10.4. The van der Waals surface area contributed by atoms with Gasteiger partial charge in [-0.1, -0.05) is 0 Å². The second-order valence-corrected chi connectivity index (χ2v) is 2.21. The fourth-order valence-electron chi connectivity index (χ4n) is 0.735. The zero-order valence-electron chi connectivity index (χ0n) is 6.12. The van der Waals surface area contributed by atoms with E-state index in [2.05, 4.69) is 14.8 Å². The number of alkyl carbamates (subject to hydrolysis) is 1. The molecule has 0 radical (unpaired) electrons. The Labute approximate surface area is 63.7 Å². The minimum atomic E-state index is -0.456. The molecular weight excluding hydrogens is 150 g/mol. The Balaban J connectivity index is 2.18. The van der Waals surface area contributed by atoms with Crippen molar-refractivity contribution in [3.8, 4) is 0 Å². The van der Waals surface area contributed by atoms with E-state index < -0.39 is 6.09 Å². The quantitative estimate of drug-likeness (QED) is 0.560. The Bertz CT molecular complexity index is 179. The molecular formula is C6H9NO4. The smallest absolute Gasteiger partial charge is 0.407 e. The molecule has 1 amide bonds. The predicted molar refractivity (Wildman–Crippen MR) is 34.9 cm³/mol. The molecule has 0 aromatic carbocycles. The van der Waals surface area contributed by atoms with Gasteiger partial charge >= 0.3 is 12.1 Å². The molecule has 5 nitrogen and oxygen atoms in total. The van der Waals surface area contributed by atoms with E-state index in [1.165, 1.54) is 6.92 Å². The third kappa shape index (κ3) is 2.45. The van der Waals surface area contributed by atoms with Crippen LogP contribution in [0.2, 0.25) is 0 Å². The maximum absolute atomic E-state index is 10.4. The first-order valence-electron chi connectivity index (χ1n) is 3.26. The van der Waals surface area contributed by atoms with Crippen LogP contribution in [0.15, 0.2) is 0 Å². The number of ether oxygens (including phenoxy) is 2. The van der Waals surface area contributed by atoms with E-state index in [1.807, 2.05) is 0 Å². The standard InChI is InChI=1S/C6H9NO4/c1-4(8)10-3-5-2-7-6(9)11-5/h5H,2-3H2,1H3,(H,7,9). The number of rotatable bonds is 2. The second-order valence-electron chi connectivity index (χ2n) is 2.21. The molecule has 0 bridgehead atoms. The number of cyclic esters (lactones) is 1. The van der Waals surface area contributed by atoms with Crippen molar-refractivity contribution >= 4 is 12.1 Å². The summed E-state index contributed by atoms with van der Waals surface area (Å²) in [5, 5.41) is 2.44. The van der Waals surface area contributed by atoms with Gasteiger partial charge < -0.3 is 14.8 Å². The summed E-state index contributed by atoms with van der Waals surface area (Å²) in [6, 6.07) is 0. The number of amides is 1. The van der Waals surface area contributed by atoms with Gasteiger partial charge in [0.15, 0.2) is 6.10 Å². The van der Waals surface area contributed by atoms with Gasteiger partial charge in [0.2, 0.25) is 0 Å². The third-order valence-corrected chi connectivity index (χ3v) is 1.22. The van der Waals surface area contributed by atoms with Crippen LogP contribution in [-0.2, 0) is 14.3 Å². The number of carbonyl (C=O) groups is 2. The van der Waals surface area contributed by atoms with Crippen LogP contribution < -0.4 is 5.32 Å². The molecule has 62 valence electrons. The molecule has 1 unspecified atom stereocenters. The zero-order valence-corrected chi connectivity index (χ0v) is 6.12. The first-order valence-corrected chi connectivity index (χ1v) is 3.26. The van der Waals surface area contributed by atoms with Crippen LogP contribution in [0.4, 0.5) is 4.79 Å². The van der Waals surface area contributed by atoms with Crippen LogP contribution in [0.5, 0.6) is 0 Å². The maximum Gasteiger partial charge on any atom is 0.407 e. The fraction of sp³-hybridized carbons (Fsp3) is 0.667. The summed E-state index contributed by atoms with van der Waals surface area (Å²) in [4.78, 5) is 20.7. The molecule has 1 heterocycles. The Morgan fingerprint density at radius 2 is 2.64 bits per heavy atom. The summed E-state index contributed by atoms with van der Waals surface area (Å²) in [7, 11) is 0. The van der Waals surface area contributed by atoms with E-state index in [1.54, 1.807) is 0 Å². The third-order valence-electron chi connectivity index (χ3n) is 1.22. The van der Waals surface area contributed by atoms with Crippen molar-refractivity contribution in [2.45, 2.75) is 13.0 Å². The average Bonchev–Trinajstić information content (AvgIpc) is 2.31. The molecule has 0 spiro atoms. The first-order chi connectivity index (χ1) is 5.18. The first kappa shape index (κ1) is 7.84. The van der Waals surface area contributed by atoms with E-state index >= 15 is 0 Å². The van der Waals surface area contributed by atoms with Crippen LogP contribution in [-0.4, -0.2) is 31.3 Å². The normalized spacial score (nSPS) is 22.3. The van der Waals surface area contributed by atoms with E-state index in [4.69, 9.17) is 0 Å². The van der Waals surface area contributed by atoms with Gasteiger partial charge in [-0.2, -0.15) is 0 Å².